The van der Waals surface area contributed by atoms with Crippen LogP contribution in [-0.2, 0) is 35.2 Å². The molecule has 1 atom stereocenters. The molecule has 0 bridgehead atoms. The van der Waals surface area contributed by atoms with E-state index in [2.05, 4.69) is 29.2 Å². The van der Waals surface area contributed by atoms with Crippen LogP contribution in [0.25, 0.3) is 0 Å². The van der Waals surface area contributed by atoms with Crippen molar-refractivity contribution in [1.82, 2.24) is 4.90 Å². The zero-order chi connectivity index (χ0) is 21.2. The van der Waals surface area contributed by atoms with Gasteiger partial charge in [-0.3, -0.25) is 13.9 Å². The molecule has 0 N–H and O–H groups in total. The molecule has 2 aromatic rings. The van der Waals surface area contributed by atoms with E-state index in [1.165, 1.54) is 17.4 Å². The highest BCUT2D eigenvalue weighted by Gasteiger charge is 2.33. The Hall–Kier alpha value is -1.96. The zero-order valence-electron chi connectivity index (χ0n) is 17.7. The normalized spacial score (nSPS) is 25.0. The fourth-order valence-corrected chi connectivity index (χ4v) is 6.46. The van der Waals surface area contributed by atoms with E-state index >= 15 is 0 Å². The van der Waals surface area contributed by atoms with Crippen LogP contribution in [0, 0.1) is 5.92 Å². The predicted molar refractivity (Wildman–Crippen MR) is 118 cm³/mol. The summed E-state index contributed by atoms with van der Waals surface area (Å²) in [5, 5.41) is 0.516. The lowest BCUT2D eigenvalue weighted by Gasteiger charge is -2.33. The Morgan fingerprint density at radius 3 is 2.35 bits per heavy atom. The predicted octanol–water partition coefficient (Wildman–Crippen LogP) is 3.24. The summed E-state index contributed by atoms with van der Waals surface area (Å²) in [6, 6.07) is 9.97. The van der Waals surface area contributed by atoms with Gasteiger partial charge < -0.3 is 13.9 Å². The summed E-state index contributed by atoms with van der Waals surface area (Å²) in [7, 11) is -0.776. The summed E-state index contributed by atoms with van der Waals surface area (Å²) in [6.07, 6.45) is 5.36. The summed E-state index contributed by atoms with van der Waals surface area (Å²) in [6.45, 7) is 4.16. The molecule has 2 fully saturated rings. The summed E-state index contributed by atoms with van der Waals surface area (Å²) in [4.78, 5) is 14.8. The first-order valence-corrected chi connectivity index (χ1v) is 12.4. The van der Waals surface area contributed by atoms with Gasteiger partial charge in [-0.25, -0.2) is 0 Å². The van der Waals surface area contributed by atoms with E-state index < -0.39 is 10.8 Å². The van der Waals surface area contributed by atoms with Crippen LogP contribution in [0.2, 0.25) is 0 Å². The Labute approximate surface area is 185 Å². The minimum absolute atomic E-state index is 0.127. The maximum atomic E-state index is 12.5. The van der Waals surface area contributed by atoms with Crippen molar-refractivity contribution >= 4 is 10.8 Å². The average Bonchev–Trinajstić information content (AvgIpc) is 3.14. The van der Waals surface area contributed by atoms with Crippen molar-refractivity contribution in [1.29, 1.82) is 0 Å². The smallest absolute Gasteiger partial charge is 0.227 e. The molecule has 1 aromatic heterocycles. The number of rotatable bonds is 7. The molecule has 7 heteroatoms. The van der Waals surface area contributed by atoms with Gasteiger partial charge in [0.05, 0.1) is 31.6 Å². The molecular formula is C24H29NO5S. The van der Waals surface area contributed by atoms with E-state index in [1.54, 1.807) is 6.07 Å². The van der Waals surface area contributed by atoms with Crippen LogP contribution < -0.4 is 10.2 Å². The van der Waals surface area contributed by atoms with Crippen molar-refractivity contribution in [3.63, 3.8) is 0 Å². The SMILES string of the molecule is O=c1cc(CN2Cc3ccccc3C2)occ1OCC1CCC(S(=O)C2COC2)CC1. The first-order chi connectivity index (χ1) is 15.2. The molecule has 2 aliphatic heterocycles. The van der Waals surface area contributed by atoms with Crippen LogP contribution in [0.1, 0.15) is 42.6 Å². The second kappa shape index (κ2) is 9.27. The molecule has 0 radical (unpaired) electrons. The molecular weight excluding hydrogens is 414 g/mol. The van der Waals surface area contributed by atoms with E-state index in [9.17, 15) is 9.00 Å². The fraction of sp³-hybridized carbons (Fsp3) is 0.542. The number of fused-ring (bicyclic) bond motifs is 1. The van der Waals surface area contributed by atoms with E-state index in [4.69, 9.17) is 13.9 Å². The summed E-state index contributed by atoms with van der Waals surface area (Å²) in [5.41, 5.74) is 2.55. The van der Waals surface area contributed by atoms with Gasteiger partial charge in [0.15, 0.2) is 0 Å². The van der Waals surface area contributed by atoms with Crippen LogP contribution in [0.3, 0.4) is 0 Å². The van der Waals surface area contributed by atoms with Crippen LogP contribution in [-0.4, -0.2) is 39.4 Å². The number of hydrogen-bond acceptors (Lipinski definition) is 6. The monoisotopic (exact) mass is 443 g/mol. The molecule has 0 amide bonds. The Morgan fingerprint density at radius 2 is 1.74 bits per heavy atom. The first kappa shape index (κ1) is 20.9. The van der Waals surface area contributed by atoms with Crippen molar-refractivity contribution in [2.45, 2.75) is 55.8 Å². The highest BCUT2D eigenvalue weighted by atomic mass is 32.2. The average molecular weight is 444 g/mol. The van der Waals surface area contributed by atoms with E-state index in [1.807, 2.05) is 0 Å². The minimum Gasteiger partial charge on any atom is -0.486 e. The van der Waals surface area contributed by atoms with Crippen LogP contribution in [0.15, 0.2) is 45.8 Å². The van der Waals surface area contributed by atoms with Crippen molar-refractivity contribution < 1.29 is 18.1 Å². The lowest BCUT2D eigenvalue weighted by Crippen LogP contribution is -2.42. The molecule has 1 unspecified atom stereocenters. The lowest BCUT2D eigenvalue weighted by molar-refractivity contribution is 0.0430. The maximum absolute atomic E-state index is 12.5. The number of nitrogens with zero attached hydrogens (tertiary/aromatic N) is 1. The summed E-state index contributed by atoms with van der Waals surface area (Å²) in [5.74, 6) is 1.34. The molecule has 5 rings (SSSR count). The molecule has 166 valence electrons. The molecule has 31 heavy (non-hydrogen) atoms. The van der Waals surface area contributed by atoms with Gasteiger partial charge in [0.1, 0.15) is 12.0 Å². The van der Waals surface area contributed by atoms with Gasteiger partial charge in [0.25, 0.3) is 0 Å². The Kier molecular flexibility index (Phi) is 6.25. The molecule has 1 aliphatic carbocycles. The summed E-state index contributed by atoms with van der Waals surface area (Å²) >= 11 is 0. The van der Waals surface area contributed by atoms with Crippen molar-refractivity contribution in [2.24, 2.45) is 5.92 Å². The first-order valence-electron chi connectivity index (χ1n) is 11.2. The Morgan fingerprint density at radius 1 is 1.03 bits per heavy atom. The van der Waals surface area contributed by atoms with Gasteiger partial charge in [-0.15, -0.1) is 0 Å². The van der Waals surface area contributed by atoms with Crippen LogP contribution >= 0.6 is 0 Å². The highest BCUT2D eigenvalue weighted by molar-refractivity contribution is 7.86. The van der Waals surface area contributed by atoms with E-state index in [0.717, 1.165) is 38.8 Å². The van der Waals surface area contributed by atoms with Gasteiger partial charge >= 0.3 is 0 Å². The summed E-state index contributed by atoms with van der Waals surface area (Å²) < 4.78 is 29.2. The minimum atomic E-state index is -0.776. The van der Waals surface area contributed by atoms with Gasteiger partial charge in [-0.2, -0.15) is 0 Å². The van der Waals surface area contributed by atoms with E-state index in [-0.39, 0.29) is 21.7 Å². The largest absolute Gasteiger partial charge is 0.486 e. The van der Waals surface area contributed by atoms with Crippen molar-refractivity contribution in [3.8, 4) is 5.75 Å². The highest BCUT2D eigenvalue weighted by Crippen LogP contribution is 2.30. The maximum Gasteiger partial charge on any atom is 0.227 e. The van der Waals surface area contributed by atoms with E-state index in [0.29, 0.717) is 38.0 Å². The van der Waals surface area contributed by atoms with Gasteiger partial charge in [-0.1, -0.05) is 24.3 Å². The lowest BCUT2D eigenvalue weighted by atomic mass is 9.89. The van der Waals surface area contributed by atoms with Gasteiger partial charge in [0.2, 0.25) is 11.2 Å². The quantitative estimate of drug-likeness (QED) is 0.654. The zero-order valence-corrected chi connectivity index (χ0v) is 18.5. The van der Waals surface area contributed by atoms with Gasteiger partial charge in [-0.05, 0) is 42.7 Å². The third kappa shape index (κ3) is 4.78. The number of benzene rings is 1. The standard InChI is InChI=1S/C24H29NO5S/c26-23-9-20(12-25-10-18-3-1-2-4-19(18)11-25)29-16-24(23)30-13-17-5-7-21(8-6-17)31(27)22-14-28-15-22/h1-4,9,16-17,21-22H,5-8,10-15H2. The number of ether oxygens (including phenoxy) is 2. The molecule has 1 aromatic carbocycles. The van der Waals surface area contributed by atoms with Crippen molar-refractivity contribution in [2.75, 3.05) is 19.8 Å². The molecule has 6 nitrogen and oxygen atoms in total. The van der Waals surface area contributed by atoms with Crippen molar-refractivity contribution in [3.05, 3.63) is 63.7 Å². The Balaban J connectivity index is 1.09. The molecule has 1 saturated heterocycles. The second-order valence-electron chi connectivity index (χ2n) is 8.93. The third-order valence-electron chi connectivity index (χ3n) is 6.67. The molecule has 1 saturated carbocycles. The van der Waals surface area contributed by atoms with Gasteiger partial charge in [0, 0.05) is 35.2 Å². The fourth-order valence-electron chi connectivity index (χ4n) is 4.72. The molecule has 3 aliphatic rings. The topological polar surface area (TPSA) is 69.0 Å². The number of hydrogen-bond donors (Lipinski definition) is 0. The third-order valence-corrected chi connectivity index (χ3v) is 8.73. The molecule has 0 spiro atoms. The second-order valence-corrected chi connectivity index (χ2v) is 10.9. The Bertz CT molecular complexity index is 968. The van der Waals surface area contributed by atoms with Crippen LogP contribution in [0.5, 0.6) is 5.75 Å². The molecule has 3 heterocycles. The van der Waals surface area contributed by atoms with Crippen LogP contribution in [0.4, 0.5) is 0 Å².